The van der Waals surface area contributed by atoms with E-state index in [1.54, 1.807) is 20.8 Å². The quantitative estimate of drug-likeness (QED) is 0.842. The fraction of sp³-hybridized carbons (Fsp3) is 0.545. The molecule has 7 nitrogen and oxygen atoms in total. The van der Waals surface area contributed by atoms with Gasteiger partial charge in [0.1, 0.15) is 11.0 Å². The van der Waals surface area contributed by atoms with Gasteiger partial charge in [-0.2, -0.15) is 4.98 Å². The Labute approximate surface area is 110 Å². The first-order valence-electron chi connectivity index (χ1n) is 5.75. The molecule has 0 N–H and O–H groups in total. The molecule has 0 aliphatic heterocycles. The molecule has 0 aromatic carbocycles. The lowest BCUT2D eigenvalue weighted by atomic mass is 10.2. The van der Waals surface area contributed by atoms with Gasteiger partial charge in [0, 0.05) is 5.56 Å². The van der Waals surface area contributed by atoms with Crippen LogP contribution in [0.4, 0.5) is 0 Å². The molecule has 2 aromatic heterocycles. The van der Waals surface area contributed by atoms with Crippen LogP contribution in [0.1, 0.15) is 40.9 Å². The van der Waals surface area contributed by atoms with Crippen LogP contribution >= 0.6 is 0 Å². The van der Waals surface area contributed by atoms with Gasteiger partial charge in [0.05, 0.1) is 11.4 Å². The van der Waals surface area contributed by atoms with E-state index in [1.165, 1.54) is 6.92 Å². The summed E-state index contributed by atoms with van der Waals surface area (Å²) in [5.41, 5.74) is 1.16. The summed E-state index contributed by atoms with van der Waals surface area (Å²) in [7, 11) is -3.46. The molecule has 2 aromatic rings. The van der Waals surface area contributed by atoms with Gasteiger partial charge in [-0.05, 0) is 27.7 Å². The molecule has 2 heterocycles. The van der Waals surface area contributed by atoms with Crippen LogP contribution in [-0.2, 0) is 15.6 Å². The monoisotopic (exact) mass is 285 g/mol. The first-order valence-corrected chi connectivity index (χ1v) is 7.46. The summed E-state index contributed by atoms with van der Waals surface area (Å²) in [6.07, 6.45) is 0. The van der Waals surface area contributed by atoms with Crippen LogP contribution in [0.3, 0.4) is 0 Å². The van der Waals surface area contributed by atoms with Gasteiger partial charge in [0.2, 0.25) is 5.89 Å². The third-order valence-corrected chi connectivity index (χ3v) is 4.93. The highest BCUT2D eigenvalue weighted by atomic mass is 32.2. The molecule has 0 radical (unpaired) electrons. The maximum absolute atomic E-state index is 12.3. The van der Waals surface area contributed by atoms with Gasteiger partial charge in [-0.25, -0.2) is 8.42 Å². The predicted molar refractivity (Wildman–Crippen MR) is 66.1 cm³/mol. The summed E-state index contributed by atoms with van der Waals surface area (Å²) >= 11 is 0. The zero-order valence-corrected chi connectivity index (χ0v) is 12.0. The van der Waals surface area contributed by atoms with Crippen molar-refractivity contribution < 1.29 is 17.5 Å². The summed E-state index contributed by atoms with van der Waals surface area (Å²) in [5, 5.41) is 6.49. The van der Waals surface area contributed by atoms with E-state index >= 15 is 0 Å². The Bertz CT molecular complexity index is 667. The number of aryl methyl sites for hydroxylation is 3. The van der Waals surface area contributed by atoms with Crippen molar-refractivity contribution in [3.63, 3.8) is 0 Å². The van der Waals surface area contributed by atoms with Gasteiger partial charge in [-0.1, -0.05) is 10.3 Å². The van der Waals surface area contributed by atoms with Gasteiger partial charge in [-0.15, -0.1) is 0 Å². The fourth-order valence-electron chi connectivity index (χ4n) is 1.67. The molecule has 0 saturated heterocycles. The molecule has 19 heavy (non-hydrogen) atoms. The molecule has 0 spiro atoms. The molecule has 104 valence electrons. The van der Waals surface area contributed by atoms with Gasteiger partial charge in [0.15, 0.2) is 15.7 Å². The van der Waals surface area contributed by atoms with Crippen molar-refractivity contribution >= 4 is 9.84 Å². The van der Waals surface area contributed by atoms with Crippen LogP contribution in [-0.4, -0.2) is 23.7 Å². The smallest absolute Gasteiger partial charge is 0.244 e. The predicted octanol–water partition coefficient (Wildman–Crippen LogP) is 1.66. The lowest BCUT2D eigenvalue weighted by molar-refractivity contribution is 0.372. The topological polar surface area (TPSA) is 99.1 Å². The Hall–Kier alpha value is -1.70. The highest BCUT2D eigenvalue weighted by molar-refractivity contribution is 7.90. The SMILES string of the molecule is Cc1noc([C@H](C)S(=O)(=O)Cc2c(C)noc2C)n1. The molecule has 0 aliphatic carbocycles. The Morgan fingerprint density at radius 1 is 1.16 bits per heavy atom. The average Bonchev–Trinajstić information content (AvgIpc) is 2.89. The molecule has 0 bridgehead atoms. The Morgan fingerprint density at radius 2 is 1.84 bits per heavy atom. The maximum Gasteiger partial charge on any atom is 0.244 e. The number of hydrogen-bond acceptors (Lipinski definition) is 7. The standard InChI is InChI=1S/C11H15N3O4S/c1-6-10(7(2)17-13-6)5-19(15,16)8(3)11-12-9(4)14-18-11/h8H,5H2,1-4H3/t8-/m0/s1. The molecule has 8 heteroatoms. The molecule has 0 fully saturated rings. The summed E-state index contributed by atoms with van der Waals surface area (Å²) in [6.45, 7) is 6.57. The van der Waals surface area contributed by atoms with Crippen LogP contribution in [0, 0.1) is 20.8 Å². The van der Waals surface area contributed by atoms with Gasteiger partial charge < -0.3 is 9.05 Å². The average molecular weight is 285 g/mol. The van der Waals surface area contributed by atoms with E-state index in [1.807, 2.05) is 0 Å². The van der Waals surface area contributed by atoms with Crippen LogP contribution in [0.2, 0.25) is 0 Å². The van der Waals surface area contributed by atoms with Crippen molar-refractivity contribution in [1.82, 2.24) is 15.3 Å². The lowest BCUT2D eigenvalue weighted by Crippen LogP contribution is -2.14. The molecular weight excluding hydrogens is 270 g/mol. The fourth-order valence-corrected chi connectivity index (χ4v) is 3.13. The number of nitrogens with zero attached hydrogens (tertiary/aromatic N) is 3. The highest BCUT2D eigenvalue weighted by Crippen LogP contribution is 2.26. The molecule has 0 aliphatic rings. The minimum atomic E-state index is -3.46. The second-order valence-electron chi connectivity index (χ2n) is 4.43. The van der Waals surface area contributed by atoms with Gasteiger partial charge in [-0.3, -0.25) is 0 Å². The van der Waals surface area contributed by atoms with E-state index < -0.39 is 15.1 Å². The van der Waals surface area contributed by atoms with Crippen molar-refractivity contribution in [2.24, 2.45) is 0 Å². The zero-order chi connectivity index (χ0) is 14.2. The number of hydrogen-bond donors (Lipinski definition) is 0. The van der Waals surface area contributed by atoms with E-state index in [-0.39, 0.29) is 11.6 Å². The third-order valence-electron chi connectivity index (χ3n) is 2.96. The molecule has 0 saturated carbocycles. The number of aromatic nitrogens is 3. The van der Waals surface area contributed by atoms with Crippen LogP contribution < -0.4 is 0 Å². The summed E-state index contributed by atoms with van der Waals surface area (Å²) in [5.74, 6) is 0.866. The second-order valence-corrected chi connectivity index (χ2v) is 6.75. The van der Waals surface area contributed by atoms with Crippen LogP contribution in [0.5, 0.6) is 0 Å². The molecular formula is C11H15N3O4S. The number of sulfone groups is 1. The van der Waals surface area contributed by atoms with Crippen LogP contribution in [0.15, 0.2) is 9.05 Å². The first-order chi connectivity index (χ1) is 8.81. The molecule has 0 amide bonds. The molecule has 1 atom stereocenters. The minimum Gasteiger partial charge on any atom is -0.361 e. The summed E-state index contributed by atoms with van der Waals surface area (Å²) in [6, 6.07) is 0. The second kappa shape index (κ2) is 4.76. The van der Waals surface area contributed by atoms with E-state index in [0.717, 1.165) is 0 Å². The van der Waals surface area contributed by atoms with Crippen molar-refractivity contribution in [1.29, 1.82) is 0 Å². The van der Waals surface area contributed by atoms with Crippen molar-refractivity contribution in [2.75, 3.05) is 0 Å². The van der Waals surface area contributed by atoms with Crippen LogP contribution in [0.25, 0.3) is 0 Å². The Morgan fingerprint density at radius 3 is 2.32 bits per heavy atom. The van der Waals surface area contributed by atoms with Crippen molar-refractivity contribution in [2.45, 2.75) is 38.7 Å². The van der Waals surface area contributed by atoms with E-state index in [4.69, 9.17) is 9.05 Å². The largest absolute Gasteiger partial charge is 0.361 e. The van der Waals surface area contributed by atoms with Gasteiger partial charge in [0.25, 0.3) is 0 Å². The minimum absolute atomic E-state index is 0.101. The zero-order valence-electron chi connectivity index (χ0n) is 11.2. The molecule has 2 rings (SSSR count). The van der Waals surface area contributed by atoms with E-state index in [0.29, 0.717) is 22.8 Å². The van der Waals surface area contributed by atoms with E-state index in [9.17, 15) is 8.42 Å². The summed E-state index contributed by atoms with van der Waals surface area (Å²) in [4.78, 5) is 3.96. The first kappa shape index (κ1) is 13.7. The Balaban J connectivity index is 2.28. The van der Waals surface area contributed by atoms with Gasteiger partial charge >= 0.3 is 0 Å². The Kier molecular flexibility index (Phi) is 3.44. The number of rotatable bonds is 4. The van der Waals surface area contributed by atoms with Crippen molar-refractivity contribution in [3.05, 3.63) is 28.7 Å². The maximum atomic E-state index is 12.3. The molecule has 0 unspecified atom stereocenters. The summed E-state index contributed by atoms with van der Waals surface area (Å²) < 4.78 is 34.5. The third kappa shape index (κ3) is 2.67. The van der Waals surface area contributed by atoms with E-state index in [2.05, 4.69) is 15.3 Å². The highest BCUT2D eigenvalue weighted by Gasteiger charge is 2.30. The van der Waals surface area contributed by atoms with Crippen molar-refractivity contribution in [3.8, 4) is 0 Å². The normalized spacial score (nSPS) is 13.7. The lowest BCUT2D eigenvalue weighted by Gasteiger charge is -2.08.